The average Bonchev–Trinajstić information content (AvgIpc) is 2.84. The van der Waals surface area contributed by atoms with Crippen LogP contribution in [0, 0.1) is 0 Å². The zero-order valence-electron chi connectivity index (χ0n) is 13.1. The van der Waals surface area contributed by atoms with E-state index in [9.17, 15) is 18.0 Å². The normalized spacial score (nSPS) is 15.4. The maximum Gasteiger partial charge on any atom is 0.573 e. The van der Waals surface area contributed by atoms with Crippen LogP contribution >= 0.6 is 0 Å². The molecule has 1 heterocycles. The summed E-state index contributed by atoms with van der Waals surface area (Å²) in [5, 5.41) is 0. The monoisotopic (exact) mass is 329 g/mol. The number of hydrogen-bond donors (Lipinski definition) is 0. The summed E-state index contributed by atoms with van der Waals surface area (Å²) in [5.41, 5.74) is 0.731. The summed E-state index contributed by atoms with van der Waals surface area (Å²) >= 11 is 0. The molecule has 2 rings (SSSR count). The third-order valence-corrected chi connectivity index (χ3v) is 3.00. The molecule has 0 saturated heterocycles. The Morgan fingerprint density at radius 3 is 2.52 bits per heavy atom. The van der Waals surface area contributed by atoms with Crippen molar-refractivity contribution in [1.29, 1.82) is 0 Å². The van der Waals surface area contributed by atoms with Crippen LogP contribution in [0.2, 0.25) is 0 Å². The van der Waals surface area contributed by atoms with Crippen molar-refractivity contribution in [1.82, 2.24) is 4.90 Å². The van der Waals surface area contributed by atoms with Crippen LogP contribution in [-0.4, -0.2) is 29.5 Å². The zero-order valence-corrected chi connectivity index (χ0v) is 13.1. The molecule has 0 fully saturated rings. The molecule has 0 N–H and O–H groups in total. The van der Waals surface area contributed by atoms with Gasteiger partial charge >= 0.3 is 12.5 Å². The minimum absolute atomic E-state index is 0.286. The third kappa shape index (κ3) is 5.19. The van der Waals surface area contributed by atoms with Gasteiger partial charge < -0.3 is 9.47 Å². The summed E-state index contributed by atoms with van der Waals surface area (Å²) in [7, 11) is 0. The second-order valence-electron chi connectivity index (χ2n) is 6.15. The van der Waals surface area contributed by atoms with Crippen LogP contribution in [0.4, 0.5) is 18.0 Å². The Bertz CT molecular complexity index is 618. The first-order valence-corrected chi connectivity index (χ1v) is 7.10. The first-order valence-electron chi connectivity index (χ1n) is 7.10. The van der Waals surface area contributed by atoms with Crippen molar-refractivity contribution in [3.63, 3.8) is 0 Å². The van der Waals surface area contributed by atoms with E-state index in [1.807, 2.05) is 0 Å². The Morgan fingerprint density at radius 1 is 1.22 bits per heavy atom. The smallest absolute Gasteiger partial charge is 0.443 e. The highest BCUT2D eigenvalue weighted by atomic mass is 19.4. The molecule has 4 nitrogen and oxygen atoms in total. The number of halogens is 3. The number of carbonyl (C=O) groups excluding carboxylic acids is 1. The lowest BCUT2D eigenvalue weighted by Crippen LogP contribution is -2.32. The van der Waals surface area contributed by atoms with E-state index < -0.39 is 18.1 Å². The molecule has 1 aliphatic heterocycles. The molecule has 23 heavy (non-hydrogen) atoms. The lowest BCUT2D eigenvalue weighted by molar-refractivity contribution is -0.274. The summed E-state index contributed by atoms with van der Waals surface area (Å²) in [6, 6.07) is 5.69. The lowest BCUT2D eigenvalue weighted by atomic mass is 10.1. The summed E-state index contributed by atoms with van der Waals surface area (Å²) < 4.78 is 46.0. The van der Waals surface area contributed by atoms with Crippen molar-refractivity contribution < 1.29 is 27.4 Å². The minimum atomic E-state index is -4.73. The van der Waals surface area contributed by atoms with Crippen LogP contribution < -0.4 is 4.74 Å². The van der Waals surface area contributed by atoms with Crippen molar-refractivity contribution in [2.45, 2.75) is 39.2 Å². The number of nitrogens with zero attached hydrogens (tertiary/aromatic N) is 1. The maximum atomic E-state index is 12.3. The number of alkyl halides is 3. The number of amides is 1. The topological polar surface area (TPSA) is 38.8 Å². The standard InChI is InChI=1S/C16H18F3NO3/c1-15(2,3)23-14(21)20-8-7-12(10-20)11-5-4-6-13(9-11)22-16(17,18)19/h4-6,9-10H,7-8H2,1-3H3. The molecule has 1 amide bonds. The fourth-order valence-corrected chi connectivity index (χ4v) is 2.13. The highest BCUT2D eigenvalue weighted by Crippen LogP contribution is 2.30. The van der Waals surface area contributed by atoms with Crippen molar-refractivity contribution in [2.75, 3.05) is 6.54 Å². The Kier molecular flexibility index (Phi) is 4.58. The van der Waals surface area contributed by atoms with E-state index in [2.05, 4.69) is 4.74 Å². The highest BCUT2D eigenvalue weighted by molar-refractivity contribution is 5.77. The Labute approximate surface area is 132 Å². The van der Waals surface area contributed by atoms with E-state index in [0.29, 0.717) is 18.5 Å². The van der Waals surface area contributed by atoms with Crippen LogP contribution in [0.25, 0.3) is 5.57 Å². The second-order valence-corrected chi connectivity index (χ2v) is 6.15. The SMILES string of the molecule is CC(C)(C)OC(=O)N1C=C(c2cccc(OC(F)(F)F)c2)CC1. The van der Waals surface area contributed by atoms with E-state index >= 15 is 0 Å². The highest BCUT2D eigenvalue weighted by Gasteiger charge is 2.31. The average molecular weight is 329 g/mol. The van der Waals surface area contributed by atoms with E-state index in [1.54, 1.807) is 33.0 Å². The molecule has 0 unspecified atom stereocenters. The number of hydrogen-bond acceptors (Lipinski definition) is 3. The van der Waals surface area contributed by atoms with Gasteiger partial charge in [-0.25, -0.2) is 4.79 Å². The Morgan fingerprint density at radius 2 is 1.91 bits per heavy atom. The van der Waals surface area contributed by atoms with Crippen LogP contribution in [0.1, 0.15) is 32.8 Å². The molecule has 0 atom stereocenters. The first kappa shape index (κ1) is 17.2. The molecule has 1 aliphatic rings. The predicted molar refractivity (Wildman–Crippen MR) is 78.7 cm³/mol. The minimum Gasteiger partial charge on any atom is -0.443 e. The van der Waals surface area contributed by atoms with Gasteiger partial charge in [-0.3, -0.25) is 4.90 Å². The maximum absolute atomic E-state index is 12.3. The number of ether oxygens (including phenoxy) is 2. The van der Waals surface area contributed by atoms with Gasteiger partial charge in [-0.1, -0.05) is 12.1 Å². The zero-order chi connectivity index (χ0) is 17.3. The summed E-state index contributed by atoms with van der Waals surface area (Å²) in [5.74, 6) is -0.286. The van der Waals surface area contributed by atoms with Crippen LogP contribution in [0.5, 0.6) is 5.75 Å². The van der Waals surface area contributed by atoms with E-state index in [0.717, 1.165) is 5.57 Å². The van der Waals surface area contributed by atoms with Crippen molar-refractivity contribution in [3.8, 4) is 5.75 Å². The van der Waals surface area contributed by atoms with Crippen molar-refractivity contribution in [2.24, 2.45) is 0 Å². The molecular formula is C16H18F3NO3. The molecule has 0 aromatic heterocycles. The lowest BCUT2D eigenvalue weighted by Gasteiger charge is -2.23. The summed E-state index contributed by atoms with van der Waals surface area (Å²) in [6.07, 6.45) is -3.07. The predicted octanol–water partition coefficient (Wildman–Crippen LogP) is 4.57. The Hall–Kier alpha value is -2.18. The van der Waals surface area contributed by atoms with Gasteiger partial charge in [0.2, 0.25) is 0 Å². The molecule has 1 aromatic carbocycles. The van der Waals surface area contributed by atoms with Crippen LogP contribution in [-0.2, 0) is 4.74 Å². The number of carbonyl (C=O) groups is 1. The van der Waals surface area contributed by atoms with Crippen LogP contribution in [0.3, 0.4) is 0 Å². The third-order valence-electron chi connectivity index (χ3n) is 3.00. The van der Waals surface area contributed by atoms with Gasteiger partial charge in [0, 0.05) is 12.7 Å². The second kappa shape index (κ2) is 6.14. The van der Waals surface area contributed by atoms with Gasteiger partial charge in [0.15, 0.2) is 0 Å². The molecular weight excluding hydrogens is 311 g/mol. The van der Waals surface area contributed by atoms with Crippen LogP contribution in [0.15, 0.2) is 30.5 Å². The fraction of sp³-hybridized carbons (Fsp3) is 0.438. The molecule has 0 aliphatic carbocycles. The summed E-state index contributed by atoms with van der Waals surface area (Å²) in [6.45, 7) is 5.73. The van der Waals surface area contributed by atoms with Gasteiger partial charge in [-0.15, -0.1) is 13.2 Å². The quantitative estimate of drug-likeness (QED) is 0.798. The molecule has 0 radical (unpaired) electrons. The summed E-state index contributed by atoms with van der Waals surface area (Å²) in [4.78, 5) is 13.4. The largest absolute Gasteiger partial charge is 0.573 e. The van der Waals surface area contributed by atoms with E-state index in [-0.39, 0.29) is 5.75 Å². The molecule has 0 spiro atoms. The number of rotatable bonds is 2. The number of benzene rings is 1. The van der Waals surface area contributed by atoms with Crippen molar-refractivity contribution in [3.05, 3.63) is 36.0 Å². The van der Waals surface area contributed by atoms with Gasteiger partial charge in [0.25, 0.3) is 0 Å². The first-order chi connectivity index (χ1) is 10.5. The molecule has 126 valence electrons. The molecule has 0 saturated carbocycles. The fourth-order valence-electron chi connectivity index (χ4n) is 2.13. The van der Waals surface area contributed by atoms with Gasteiger partial charge in [0.05, 0.1) is 0 Å². The molecule has 7 heteroatoms. The van der Waals surface area contributed by atoms with E-state index in [4.69, 9.17) is 4.74 Å². The van der Waals surface area contributed by atoms with Gasteiger partial charge in [-0.2, -0.15) is 0 Å². The van der Waals surface area contributed by atoms with Gasteiger partial charge in [-0.05, 0) is 50.5 Å². The molecule has 1 aromatic rings. The van der Waals surface area contributed by atoms with Crippen molar-refractivity contribution >= 4 is 11.7 Å². The van der Waals surface area contributed by atoms with Gasteiger partial charge in [0.1, 0.15) is 11.4 Å². The van der Waals surface area contributed by atoms with E-state index in [1.165, 1.54) is 23.1 Å². The Balaban J connectivity index is 2.12. The molecule has 0 bridgehead atoms.